The summed E-state index contributed by atoms with van der Waals surface area (Å²) in [4.78, 5) is 0. The highest BCUT2D eigenvalue weighted by atomic mass is 19.3. The fourth-order valence-corrected chi connectivity index (χ4v) is 3.12. The monoisotopic (exact) mass is 360 g/mol. The molecule has 0 amide bonds. The summed E-state index contributed by atoms with van der Waals surface area (Å²) in [7, 11) is 0. The van der Waals surface area contributed by atoms with E-state index in [0.29, 0.717) is 17.7 Å². The highest BCUT2D eigenvalue weighted by Gasteiger charge is 2.35. The number of hydrogen-bond acceptors (Lipinski definition) is 2. The lowest BCUT2D eigenvalue weighted by atomic mass is 9.83. The first-order chi connectivity index (χ1) is 12.5. The van der Waals surface area contributed by atoms with Crippen molar-refractivity contribution in [1.82, 2.24) is 0 Å². The predicted octanol–water partition coefficient (Wildman–Crippen LogP) is 5.86. The molecule has 0 radical (unpaired) electrons. The molecule has 0 heterocycles. The van der Waals surface area contributed by atoms with Gasteiger partial charge in [-0.05, 0) is 36.3 Å². The second-order valence-corrected chi connectivity index (χ2v) is 5.92. The maximum absolute atomic E-state index is 14.9. The van der Waals surface area contributed by atoms with Crippen molar-refractivity contribution < 1.29 is 22.6 Å². The molecule has 2 aromatic carbocycles. The molecule has 1 aliphatic carbocycles. The molecular formula is C21H19F3O2. The average Bonchev–Trinajstić information content (AvgIpc) is 2.63. The van der Waals surface area contributed by atoms with Gasteiger partial charge in [0.15, 0.2) is 0 Å². The Kier molecular flexibility index (Phi) is 5.47. The molecule has 1 atom stereocenters. The van der Waals surface area contributed by atoms with Crippen LogP contribution in [0.15, 0.2) is 72.6 Å². The lowest BCUT2D eigenvalue weighted by Gasteiger charge is -2.33. The van der Waals surface area contributed by atoms with Crippen molar-refractivity contribution in [2.45, 2.75) is 25.6 Å². The molecule has 26 heavy (non-hydrogen) atoms. The van der Waals surface area contributed by atoms with E-state index < -0.39 is 12.2 Å². The van der Waals surface area contributed by atoms with Gasteiger partial charge in [0.05, 0.1) is 0 Å². The van der Waals surface area contributed by atoms with E-state index >= 15 is 0 Å². The van der Waals surface area contributed by atoms with Crippen LogP contribution in [0.1, 0.15) is 24.5 Å². The summed E-state index contributed by atoms with van der Waals surface area (Å²) in [6.45, 7) is -0.670. The number of ether oxygens (including phenoxy) is 2. The van der Waals surface area contributed by atoms with Gasteiger partial charge < -0.3 is 9.47 Å². The Morgan fingerprint density at radius 3 is 2.31 bits per heavy atom. The van der Waals surface area contributed by atoms with Gasteiger partial charge in [-0.1, -0.05) is 48.5 Å². The van der Waals surface area contributed by atoms with Gasteiger partial charge in [-0.3, -0.25) is 0 Å². The van der Waals surface area contributed by atoms with Crippen LogP contribution in [0.2, 0.25) is 0 Å². The quantitative estimate of drug-likeness (QED) is 0.642. The highest BCUT2D eigenvalue weighted by molar-refractivity contribution is 5.77. The van der Waals surface area contributed by atoms with E-state index in [0.717, 1.165) is 5.56 Å². The second-order valence-electron chi connectivity index (χ2n) is 5.92. The van der Waals surface area contributed by atoms with Crippen LogP contribution in [0.5, 0.6) is 5.75 Å². The molecule has 0 fully saturated rings. The Labute approximate surface area is 150 Å². The first kappa shape index (κ1) is 18.3. The fraction of sp³-hybridized carbons (Fsp3) is 0.238. The van der Waals surface area contributed by atoms with Crippen molar-refractivity contribution in [2.75, 3.05) is 6.61 Å². The lowest BCUT2D eigenvalue weighted by molar-refractivity contribution is -0.0499. The molecular weight excluding hydrogens is 341 g/mol. The van der Waals surface area contributed by atoms with Gasteiger partial charge >= 0.3 is 6.61 Å². The Morgan fingerprint density at radius 2 is 1.73 bits per heavy atom. The zero-order valence-electron chi connectivity index (χ0n) is 14.3. The molecule has 2 nitrogen and oxygen atoms in total. The summed E-state index contributed by atoms with van der Waals surface area (Å²) in [6.07, 6.45) is 3.58. The lowest BCUT2D eigenvalue weighted by Crippen LogP contribution is -2.29. The largest absolute Gasteiger partial charge is 0.435 e. The highest BCUT2D eigenvalue weighted by Crippen LogP contribution is 2.42. The smallest absolute Gasteiger partial charge is 0.387 e. The van der Waals surface area contributed by atoms with E-state index in [-0.39, 0.29) is 18.0 Å². The Hall–Kier alpha value is -2.53. The van der Waals surface area contributed by atoms with Crippen LogP contribution in [-0.4, -0.2) is 13.2 Å². The third-order valence-electron chi connectivity index (χ3n) is 4.28. The van der Waals surface area contributed by atoms with Gasteiger partial charge in [-0.15, -0.1) is 0 Å². The molecule has 5 heteroatoms. The third-order valence-corrected chi connectivity index (χ3v) is 4.28. The first-order valence-corrected chi connectivity index (χ1v) is 8.36. The van der Waals surface area contributed by atoms with Crippen LogP contribution in [0.25, 0.3) is 5.57 Å². The molecule has 0 N–H and O–H groups in total. The minimum absolute atomic E-state index is 0.0383. The maximum atomic E-state index is 14.9. The van der Waals surface area contributed by atoms with Gasteiger partial charge in [-0.25, -0.2) is 4.39 Å². The minimum Gasteiger partial charge on any atom is -0.435 e. The minimum atomic E-state index is -2.88. The summed E-state index contributed by atoms with van der Waals surface area (Å²) >= 11 is 0. The number of benzene rings is 2. The maximum Gasteiger partial charge on any atom is 0.387 e. The molecule has 1 aliphatic rings. The summed E-state index contributed by atoms with van der Waals surface area (Å²) < 4.78 is 49.8. The first-order valence-electron chi connectivity index (χ1n) is 8.36. The van der Waals surface area contributed by atoms with Gasteiger partial charge in [0, 0.05) is 18.6 Å². The Morgan fingerprint density at radius 1 is 1.04 bits per heavy atom. The van der Waals surface area contributed by atoms with E-state index in [4.69, 9.17) is 4.74 Å². The van der Waals surface area contributed by atoms with Crippen molar-refractivity contribution in [3.8, 4) is 5.75 Å². The van der Waals surface area contributed by atoms with Crippen molar-refractivity contribution in [1.29, 1.82) is 0 Å². The SMILES string of the molecule is CCOC1(c2ccc(OC(F)F)cc2)C=CC(c2ccccc2)=C(F)C1. The van der Waals surface area contributed by atoms with Crippen molar-refractivity contribution in [2.24, 2.45) is 0 Å². The van der Waals surface area contributed by atoms with Gasteiger partial charge in [0.1, 0.15) is 17.2 Å². The van der Waals surface area contributed by atoms with Crippen LogP contribution in [-0.2, 0) is 10.3 Å². The third kappa shape index (κ3) is 3.83. The van der Waals surface area contributed by atoms with Crippen LogP contribution >= 0.6 is 0 Å². The van der Waals surface area contributed by atoms with Gasteiger partial charge in [0.25, 0.3) is 0 Å². The van der Waals surface area contributed by atoms with Crippen LogP contribution < -0.4 is 4.74 Å². The molecule has 2 aromatic rings. The van der Waals surface area contributed by atoms with Gasteiger partial charge in [0.2, 0.25) is 0 Å². The standard InChI is InChI=1S/C21H19F3O2/c1-2-25-21(16-8-10-17(11-9-16)26-20(23)24)13-12-18(19(22)14-21)15-6-4-3-5-7-15/h3-13,20H,2,14H2,1H3. The molecule has 0 saturated carbocycles. The van der Waals surface area contributed by atoms with Crippen LogP contribution in [0.4, 0.5) is 13.2 Å². The zero-order chi connectivity index (χ0) is 18.6. The summed E-state index contributed by atoms with van der Waals surface area (Å²) in [5.74, 6) is -0.226. The Bertz CT molecular complexity index is 798. The van der Waals surface area contributed by atoms with E-state index in [1.54, 1.807) is 18.2 Å². The Balaban J connectivity index is 1.91. The summed E-state index contributed by atoms with van der Waals surface area (Å²) in [6, 6.07) is 15.4. The van der Waals surface area contributed by atoms with Crippen molar-refractivity contribution in [3.63, 3.8) is 0 Å². The van der Waals surface area contributed by atoms with E-state index in [1.807, 2.05) is 43.3 Å². The summed E-state index contributed by atoms with van der Waals surface area (Å²) in [5.41, 5.74) is 1.03. The van der Waals surface area contributed by atoms with E-state index in [2.05, 4.69) is 4.74 Å². The molecule has 0 aliphatic heterocycles. The molecule has 0 bridgehead atoms. The van der Waals surface area contributed by atoms with E-state index in [9.17, 15) is 13.2 Å². The number of hydrogen-bond donors (Lipinski definition) is 0. The average molecular weight is 360 g/mol. The van der Waals surface area contributed by atoms with Crippen LogP contribution in [0.3, 0.4) is 0 Å². The normalized spacial score (nSPS) is 19.9. The second kappa shape index (κ2) is 7.79. The van der Waals surface area contributed by atoms with Crippen molar-refractivity contribution in [3.05, 3.63) is 83.7 Å². The number of halogens is 3. The molecule has 3 rings (SSSR count). The van der Waals surface area contributed by atoms with E-state index in [1.165, 1.54) is 12.1 Å². The fourth-order valence-electron chi connectivity index (χ4n) is 3.12. The number of allylic oxidation sites excluding steroid dienone is 2. The predicted molar refractivity (Wildman–Crippen MR) is 94.6 cm³/mol. The molecule has 0 saturated heterocycles. The zero-order valence-corrected chi connectivity index (χ0v) is 14.3. The van der Waals surface area contributed by atoms with Gasteiger partial charge in [-0.2, -0.15) is 8.78 Å². The molecule has 0 spiro atoms. The summed E-state index contributed by atoms with van der Waals surface area (Å²) in [5, 5.41) is 0. The topological polar surface area (TPSA) is 18.5 Å². The number of rotatable bonds is 6. The molecule has 0 aromatic heterocycles. The molecule has 1 unspecified atom stereocenters. The van der Waals surface area contributed by atoms with Crippen LogP contribution in [0, 0.1) is 0 Å². The molecule has 136 valence electrons. The van der Waals surface area contributed by atoms with Crippen molar-refractivity contribution >= 4 is 5.57 Å². The number of alkyl halides is 2.